The zero-order valence-corrected chi connectivity index (χ0v) is 5.69. The number of aliphatic hydroxyl groups is 1. The van der Waals surface area contributed by atoms with Gasteiger partial charge in [0.05, 0.1) is 10.4 Å². The van der Waals surface area contributed by atoms with Gasteiger partial charge in [-0.1, -0.05) is 0 Å². The number of aromatic nitrogens is 1. The van der Waals surface area contributed by atoms with E-state index in [4.69, 9.17) is 10.8 Å². The first-order chi connectivity index (χ1) is 4.34. The van der Waals surface area contributed by atoms with Crippen LogP contribution in [-0.4, -0.2) is 16.7 Å². The molecule has 0 aliphatic heterocycles. The summed E-state index contributed by atoms with van der Waals surface area (Å²) >= 11 is 1.48. The Morgan fingerprint density at radius 2 is 2.56 bits per heavy atom. The summed E-state index contributed by atoms with van der Waals surface area (Å²) in [6, 6.07) is 0. The lowest BCUT2D eigenvalue weighted by atomic mass is 10.4. The van der Waals surface area contributed by atoms with Gasteiger partial charge in [-0.3, -0.25) is 0 Å². The van der Waals surface area contributed by atoms with E-state index in [0.29, 0.717) is 12.2 Å². The molecule has 50 valence electrons. The maximum Gasteiger partial charge on any atom is 0.137 e. The second-order valence-electron chi connectivity index (χ2n) is 1.63. The van der Waals surface area contributed by atoms with Crippen molar-refractivity contribution in [3.8, 4) is 0 Å². The Morgan fingerprint density at radius 3 is 3.00 bits per heavy atom. The van der Waals surface area contributed by atoms with Crippen LogP contribution in [0.5, 0.6) is 0 Å². The molecule has 0 radical (unpaired) electrons. The molecule has 1 heterocycles. The summed E-state index contributed by atoms with van der Waals surface area (Å²) in [6.07, 6.45) is 0.622. The van der Waals surface area contributed by atoms with Crippen molar-refractivity contribution in [2.75, 3.05) is 12.3 Å². The van der Waals surface area contributed by atoms with Crippen molar-refractivity contribution >= 4 is 17.2 Å². The third-order valence-corrected chi connectivity index (χ3v) is 1.92. The van der Waals surface area contributed by atoms with Crippen LogP contribution in [0.15, 0.2) is 5.51 Å². The number of nitrogen functional groups attached to an aromatic ring is 1. The summed E-state index contributed by atoms with van der Waals surface area (Å²) in [5.41, 5.74) is 7.10. The second kappa shape index (κ2) is 2.80. The minimum Gasteiger partial charge on any atom is -0.396 e. The van der Waals surface area contributed by atoms with Crippen LogP contribution in [0, 0.1) is 0 Å². The molecule has 1 aromatic rings. The van der Waals surface area contributed by atoms with Crippen LogP contribution in [-0.2, 0) is 6.42 Å². The van der Waals surface area contributed by atoms with Crippen molar-refractivity contribution in [1.82, 2.24) is 4.98 Å². The average Bonchev–Trinajstić information content (AvgIpc) is 2.18. The van der Waals surface area contributed by atoms with E-state index in [-0.39, 0.29) is 6.61 Å². The Hall–Kier alpha value is -0.610. The molecule has 1 aromatic heterocycles. The molecule has 0 atom stereocenters. The Kier molecular flexibility index (Phi) is 2.02. The van der Waals surface area contributed by atoms with E-state index in [1.54, 1.807) is 5.51 Å². The van der Waals surface area contributed by atoms with E-state index in [9.17, 15) is 0 Å². The van der Waals surface area contributed by atoms with E-state index in [0.717, 1.165) is 4.88 Å². The van der Waals surface area contributed by atoms with E-state index >= 15 is 0 Å². The SMILES string of the molecule is Nc1ncsc1CCO. The zero-order valence-electron chi connectivity index (χ0n) is 4.87. The van der Waals surface area contributed by atoms with E-state index in [1.807, 2.05) is 0 Å². The maximum atomic E-state index is 8.49. The normalized spacial score (nSPS) is 9.89. The number of hydrogen-bond donors (Lipinski definition) is 2. The first kappa shape index (κ1) is 6.51. The lowest BCUT2D eigenvalue weighted by Crippen LogP contribution is -1.93. The van der Waals surface area contributed by atoms with Crippen LogP contribution < -0.4 is 5.73 Å². The number of nitrogens with zero attached hydrogens (tertiary/aromatic N) is 1. The molecule has 0 amide bonds. The van der Waals surface area contributed by atoms with Crippen molar-refractivity contribution in [1.29, 1.82) is 0 Å². The minimum atomic E-state index is 0.145. The second-order valence-corrected chi connectivity index (χ2v) is 2.57. The molecular formula is C5H8N2OS. The monoisotopic (exact) mass is 144 g/mol. The zero-order chi connectivity index (χ0) is 6.69. The van der Waals surface area contributed by atoms with Crippen LogP contribution in [0.1, 0.15) is 4.88 Å². The highest BCUT2D eigenvalue weighted by Crippen LogP contribution is 2.14. The van der Waals surface area contributed by atoms with E-state index in [2.05, 4.69) is 4.98 Å². The van der Waals surface area contributed by atoms with Crippen molar-refractivity contribution < 1.29 is 5.11 Å². The van der Waals surface area contributed by atoms with Crippen molar-refractivity contribution in [3.05, 3.63) is 10.4 Å². The first-order valence-corrected chi connectivity index (χ1v) is 3.51. The molecule has 0 aromatic carbocycles. The molecule has 9 heavy (non-hydrogen) atoms. The Bertz CT molecular complexity index is 187. The van der Waals surface area contributed by atoms with Gasteiger partial charge in [-0.15, -0.1) is 11.3 Å². The minimum absolute atomic E-state index is 0.145. The maximum absolute atomic E-state index is 8.49. The summed E-state index contributed by atoms with van der Waals surface area (Å²) in [7, 11) is 0. The molecule has 4 heteroatoms. The number of rotatable bonds is 2. The fourth-order valence-electron chi connectivity index (χ4n) is 0.568. The lowest BCUT2D eigenvalue weighted by molar-refractivity contribution is 0.301. The third kappa shape index (κ3) is 1.40. The number of nitrogens with two attached hydrogens (primary N) is 1. The van der Waals surface area contributed by atoms with Gasteiger partial charge in [-0.25, -0.2) is 4.98 Å². The quantitative estimate of drug-likeness (QED) is 0.626. The number of thiazole rings is 1. The van der Waals surface area contributed by atoms with Gasteiger partial charge in [0.2, 0.25) is 0 Å². The molecule has 0 fully saturated rings. The van der Waals surface area contributed by atoms with Crippen molar-refractivity contribution in [2.45, 2.75) is 6.42 Å². The predicted molar refractivity (Wildman–Crippen MR) is 37.3 cm³/mol. The van der Waals surface area contributed by atoms with Crippen molar-refractivity contribution in [2.24, 2.45) is 0 Å². The van der Waals surface area contributed by atoms with Gasteiger partial charge in [0, 0.05) is 13.0 Å². The summed E-state index contributed by atoms with van der Waals surface area (Å²) in [5, 5.41) is 8.49. The van der Waals surface area contributed by atoms with E-state index in [1.165, 1.54) is 11.3 Å². The largest absolute Gasteiger partial charge is 0.396 e. The van der Waals surface area contributed by atoms with E-state index < -0.39 is 0 Å². The number of hydrogen-bond acceptors (Lipinski definition) is 4. The van der Waals surface area contributed by atoms with Crippen LogP contribution in [0.2, 0.25) is 0 Å². The number of anilines is 1. The fourth-order valence-corrected chi connectivity index (χ4v) is 1.24. The summed E-state index contributed by atoms with van der Waals surface area (Å²) < 4.78 is 0. The molecule has 3 N–H and O–H groups in total. The highest BCUT2D eigenvalue weighted by Gasteiger charge is 1.98. The Morgan fingerprint density at radius 1 is 1.78 bits per heavy atom. The third-order valence-electron chi connectivity index (χ3n) is 1.01. The summed E-state index contributed by atoms with van der Waals surface area (Å²) in [4.78, 5) is 4.79. The molecule has 0 spiro atoms. The van der Waals surface area contributed by atoms with Crippen LogP contribution in [0.4, 0.5) is 5.82 Å². The fraction of sp³-hybridized carbons (Fsp3) is 0.400. The molecule has 0 saturated heterocycles. The highest BCUT2D eigenvalue weighted by molar-refractivity contribution is 7.10. The molecule has 1 rings (SSSR count). The van der Waals surface area contributed by atoms with Crippen LogP contribution in [0.3, 0.4) is 0 Å². The molecule has 3 nitrogen and oxygen atoms in total. The van der Waals surface area contributed by atoms with Crippen LogP contribution >= 0.6 is 11.3 Å². The summed E-state index contributed by atoms with van der Waals surface area (Å²) in [5.74, 6) is 0.550. The molecule has 0 aliphatic carbocycles. The van der Waals surface area contributed by atoms with Gasteiger partial charge in [0.15, 0.2) is 0 Å². The average molecular weight is 144 g/mol. The predicted octanol–water partition coefficient (Wildman–Crippen LogP) is 0.260. The van der Waals surface area contributed by atoms with Gasteiger partial charge in [0.25, 0.3) is 0 Å². The smallest absolute Gasteiger partial charge is 0.137 e. The molecule has 0 bridgehead atoms. The topological polar surface area (TPSA) is 59.1 Å². The van der Waals surface area contributed by atoms with Gasteiger partial charge >= 0.3 is 0 Å². The molecular weight excluding hydrogens is 136 g/mol. The lowest BCUT2D eigenvalue weighted by Gasteiger charge is -1.90. The van der Waals surface area contributed by atoms with Gasteiger partial charge in [-0.2, -0.15) is 0 Å². The first-order valence-electron chi connectivity index (χ1n) is 2.63. The van der Waals surface area contributed by atoms with Gasteiger partial charge in [0.1, 0.15) is 5.82 Å². The summed E-state index contributed by atoms with van der Waals surface area (Å²) in [6.45, 7) is 0.145. The highest BCUT2D eigenvalue weighted by atomic mass is 32.1. The molecule has 0 unspecified atom stereocenters. The van der Waals surface area contributed by atoms with Crippen LogP contribution in [0.25, 0.3) is 0 Å². The number of aliphatic hydroxyl groups excluding tert-OH is 1. The molecule has 0 aliphatic rings. The molecule has 0 saturated carbocycles. The standard InChI is InChI=1S/C5H8N2OS/c6-5-4(1-2-8)9-3-7-5/h3,8H,1-2,6H2. The Balaban J connectivity index is 2.69. The Labute approximate surface area is 57.2 Å². The van der Waals surface area contributed by atoms with Gasteiger partial charge < -0.3 is 10.8 Å². The van der Waals surface area contributed by atoms with Crippen molar-refractivity contribution in [3.63, 3.8) is 0 Å². The van der Waals surface area contributed by atoms with Gasteiger partial charge in [-0.05, 0) is 0 Å².